The number of carbonyl (C=O) groups excluding carboxylic acids is 2. The van der Waals surface area contributed by atoms with Gasteiger partial charge in [0.1, 0.15) is 18.4 Å². The van der Waals surface area contributed by atoms with Gasteiger partial charge in [0.2, 0.25) is 11.8 Å². The first-order valence-corrected chi connectivity index (χ1v) is 7.34. The number of alkyl halides is 3. The van der Waals surface area contributed by atoms with E-state index in [2.05, 4.69) is 10.1 Å². The third-order valence-electron chi connectivity index (χ3n) is 3.34. The average Bonchev–Trinajstić information content (AvgIpc) is 2.85. The molecule has 0 spiro atoms. The number of rotatable bonds is 6. The standard InChI is InChI=1S/C15H17F3N2O4/c1-2-23-9-13(21)19-12-6-7-20(14(12)22)10-4-3-5-11(8-10)24-15(16,17)18/h3-5,8,12H,2,6-7,9H2,1H3,(H,19,21). The van der Waals surface area contributed by atoms with Crippen LogP contribution in [-0.4, -0.2) is 44.0 Å². The van der Waals surface area contributed by atoms with Crippen molar-refractivity contribution in [2.45, 2.75) is 25.7 Å². The summed E-state index contributed by atoms with van der Waals surface area (Å²) in [5, 5.41) is 2.55. The molecule has 132 valence electrons. The number of anilines is 1. The van der Waals surface area contributed by atoms with Crippen LogP contribution in [0.25, 0.3) is 0 Å². The van der Waals surface area contributed by atoms with Gasteiger partial charge in [0.15, 0.2) is 0 Å². The first kappa shape index (κ1) is 18.1. The number of nitrogens with zero attached hydrogens (tertiary/aromatic N) is 1. The van der Waals surface area contributed by atoms with Crippen LogP contribution in [-0.2, 0) is 14.3 Å². The Morgan fingerprint density at radius 2 is 2.17 bits per heavy atom. The van der Waals surface area contributed by atoms with Gasteiger partial charge in [-0.1, -0.05) is 6.07 Å². The molecule has 1 fully saturated rings. The lowest BCUT2D eigenvalue weighted by Gasteiger charge is -2.18. The molecule has 0 bridgehead atoms. The van der Waals surface area contributed by atoms with Crippen LogP contribution in [0.4, 0.5) is 18.9 Å². The van der Waals surface area contributed by atoms with Crippen molar-refractivity contribution >= 4 is 17.5 Å². The Bertz CT molecular complexity index is 607. The molecule has 2 rings (SSSR count). The maximum absolute atomic E-state index is 12.3. The van der Waals surface area contributed by atoms with Crippen LogP contribution in [0.15, 0.2) is 24.3 Å². The summed E-state index contributed by atoms with van der Waals surface area (Å²) < 4.78 is 45.6. The van der Waals surface area contributed by atoms with E-state index in [1.807, 2.05) is 0 Å². The molecule has 1 aliphatic rings. The molecule has 1 aliphatic heterocycles. The molecule has 1 aromatic rings. The van der Waals surface area contributed by atoms with Crippen LogP contribution < -0.4 is 15.0 Å². The zero-order valence-electron chi connectivity index (χ0n) is 12.9. The second kappa shape index (κ2) is 7.52. The van der Waals surface area contributed by atoms with Crippen molar-refractivity contribution in [2.24, 2.45) is 0 Å². The molecule has 0 aliphatic carbocycles. The fourth-order valence-electron chi connectivity index (χ4n) is 2.35. The quantitative estimate of drug-likeness (QED) is 0.854. The molecule has 2 amide bonds. The van der Waals surface area contributed by atoms with E-state index in [4.69, 9.17) is 4.74 Å². The molecular weight excluding hydrogens is 329 g/mol. The van der Waals surface area contributed by atoms with Gasteiger partial charge in [-0.15, -0.1) is 13.2 Å². The maximum atomic E-state index is 12.3. The van der Waals surface area contributed by atoms with Crippen molar-refractivity contribution in [3.63, 3.8) is 0 Å². The second-order valence-electron chi connectivity index (χ2n) is 5.08. The molecule has 24 heavy (non-hydrogen) atoms. The minimum atomic E-state index is -4.80. The van der Waals surface area contributed by atoms with Gasteiger partial charge in [-0.05, 0) is 25.5 Å². The van der Waals surface area contributed by atoms with Gasteiger partial charge in [0, 0.05) is 24.9 Å². The van der Waals surface area contributed by atoms with Crippen LogP contribution in [0.5, 0.6) is 5.75 Å². The number of halogens is 3. The largest absolute Gasteiger partial charge is 0.573 e. The molecule has 1 aromatic carbocycles. The second-order valence-corrected chi connectivity index (χ2v) is 5.08. The zero-order chi connectivity index (χ0) is 17.7. The molecule has 1 N–H and O–H groups in total. The van der Waals surface area contributed by atoms with E-state index in [9.17, 15) is 22.8 Å². The van der Waals surface area contributed by atoms with Crippen LogP contribution in [0, 0.1) is 0 Å². The summed E-state index contributed by atoms with van der Waals surface area (Å²) in [7, 11) is 0. The molecule has 1 unspecified atom stereocenters. The topological polar surface area (TPSA) is 67.9 Å². The third kappa shape index (κ3) is 4.85. The van der Waals surface area contributed by atoms with Crippen molar-refractivity contribution in [2.75, 3.05) is 24.7 Å². The summed E-state index contributed by atoms with van der Waals surface area (Å²) in [6.07, 6.45) is -4.44. The third-order valence-corrected chi connectivity index (χ3v) is 3.34. The molecule has 1 atom stereocenters. The Morgan fingerprint density at radius 1 is 1.42 bits per heavy atom. The normalized spacial score (nSPS) is 17.9. The lowest BCUT2D eigenvalue weighted by Crippen LogP contribution is -2.43. The van der Waals surface area contributed by atoms with Gasteiger partial charge in [-0.25, -0.2) is 0 Å². The highest BCUT2D eigenvalue weighted by molar-refractivity contribution is 6.01. The number of carbonyl (C=O) groups is 2. The van der Waals surface area contributed by atoms with Gasteiger partial charge in [0.05, 0.1) is 0 Å². The summed E-state index contributed by atoms with van der Waals surface area (Å²) in [5.41, 5.74) is 0.281. The lowest BCUT2D eigenvalue weighted by molar-refractivity contribution is -0.274. The van der Waals surface area contributed by atoms with Crippen molar-refractivity contribution in [3.05, 3.63) is 24.3 Å². The van der Waals surface area contributed by atoms with E-state index in [0.717, 1.165) is 12.1 Å². The predicted molar refractivity (Wildman–Crippen MR) is 78.5 cm³/mol. The Labute approximate surface area is 136 Å². The van der Waals surface area contributed by atoms with Gasteiger partial charge in [0.25, 0.3) is 0 Å². The number of amides is 2. The fourth-order valence-corrected chi connectivity index (χ4v) is 2.35. The smallest absolute Gasteiger partial charge is 0.406 e. The van der Waals surface area contributed by atoms with E-state index in [1.54, 1.807) is 6.92 Å². The first-order valence-electron chi connectivity index (χ1n) is 7.34. The molecule has 6 nitrogen and oxygen atoms in total. The Kier molecular flexibility index (Phi) is 5.66. The predicted octanol–water partition coefficient (Wildman–Crippen LogP) is 1.84. The summed E-state index contributed by atoms with van der Waals surface area (Å²) in [5.74, 6) is -1.20. The highest BCUT2D eigenvalue weighted by Crippen LogP contribution is 2.29. The van der Waals surface area contributed by atoms with Gasteiger partial charge < -0.3 is 19.7 Å². The van der Waals surface area contributed by atoms with E-state index < -0.39 is 24.1 Å². The summed E-state index contributed by atoms with van der Waals surface area (Å²) in [6.45, 7) is 2.26. The lowest BCUT2D eigenvalue weighted by atomic mass is 10.2. The van der Waals surface area contributed by atoms with Gasteiger partial charge in [-0.3, -0.25) is 9.59 Å². The highest BCUT2D eigenvalue weighted by atomic mass is 19.4. The molecule has 1 heterocycles. The van der Waals surface area contributed by atoms with Crippen LogP contribution in [0.3, 0.4) is 0 Å². The Morgan fingerprint density at radius 3 is 2.83 bits per heavy atom. The minimum Gasteiger partial charge on any atom is -0.406 e. The SMILES string of the molecule is CCOCC(=O)NC1CCN(c2cccc(OC(F)(F)F)c2)C1=O. The first-order chi connectivity index (χ1) is 11.3. The number of ether oxygens (including phenoxy) is 2. The van der Waals surface area contributed by atoms with Crippen molar-refractivity contribution in [3.8, 4) is 5.75 Å². The maximum Gasteiger partial charge on any atom is 0.573 e. The molecule has 0 saturated carbocycles. The fraction of sp³-hybridized carbons (Fsp3) is 0.467. The van der Waals surface area contributed by atoms with Crippen molar-refractivity contribution in [1.29, 1.82) is 0 Å². The number of nitrogens with one attached hydrogen (secondary N) is 1. The highest BCUT2D eigenvalue weighted by Gasteiger charge is 2.35. The monoisotopic (exact) mass is 346 g/mol. The van der Waals surface area contributed by atoms with Crippen LogP contribution in [0.2, 0.25) is 0 Å². The summed E-state index contributed by atoms with van der Waals surface area (Å²) >= 11 is 0. The van der Waals surface area contributed by atoms with Gasteiger partial charge in [-0.2, -0.15) is 0 Å². The van der Waals surface area contributed by atoms with E-state index in [0.29, 0.717) is 13.0 Å². The number of hydrogen-bond acceptors (Lipinski definition) is 4. The van der Waals surface area contributed by atoms with Crippen LogP contribution in [0.1, 0.15) is 13.3 Å². The zero-order valence-corrected chi connectivity index (χ0v) is 12.9. The molecule has 9 heteroatoms. The Balaban J connectivity index is 2.02. The molecule has 0 aromatic heterocycles. The molecule has 0 radical (unpaired) electrons. The van der Waals surface area contributed by atoms with E-state index in [1.165, 1.54) is 17.0 Å². The Hall–Kier alpha value is -2.29. The average molecular weight is 346 g/mol. The van der Waals surface area contributed by atoms with Gasteiger partial charge >= 0.3 is 6.36 Å². The molecular formula is C15H17F3N2O4. The van der Waals surface area contributed by atoms with Crippen molar-refractivity contribution < 1.29 is 32.2 Å². The summed E-state index contributed by atoms with van der Waals surface area (Å²) in [6, 6.07) is 4.44. The van der Waals surface area contributed by atoms with Crippen molar-refractivity contribution in [1.82, 2.24) is 5.32 Å². The van der Waals surface area contributed by atoms with E-state index >= 15 is 0 Å². The minimum absolute atomic E-state index is 0.144. The number of benzene rings is 1. The number of hydrogen-bond donors (Lipinski definition) is 1. The summed E-state index contributed by atoms with van der Waals surface area (Å²) in [4.78, 5) is 25.2. The van der Waals surface area contributed by atoms with E-state index in [-0.39, 0.29) is 24.7 Å². The van der Waals surface area contributed by atoms with Crippen LogP contribution >= 0.6 is 0 Å². The molecule has 1 saturated heterocycles.